The highest BCUT2D eigenvalue weighted by Crippen LogP contribution is 2.30. The molecule has 0 atom stereocenters. The summed E-state index contributed by atoms with van der Waals surface area (Å²) < 4.78 is 59.3. The van der Waals surface area contributed by atoms with Gasteiger partial charge in [-0.3, -0.25) is 15.2 Å². The van der Waals surface area contributed by atoms with Gasteiger partial charge in [0.15, 0.2) is 5.69 Å². The van der Waals surface area contributed by atoms with Crippen LogP contribution in [-0.4, -0.2) is 50.7 Å². The highest BCUT2D eigenvalue weighted by Gasteiger charge is 2.35. The number of nitrogens with one attached hydrogen (secondary N) is 2. The first-order valence-corrected chi connectivity index (χ1v) is 12.8. The Morgan fingerprint density at radius 3 is 2.53 bits per heavy atom. The average molecular weight is 531 g/mol. The van der Waals surface area contributed by atoms with E-state index in [2.05, 4.69) is 15.5 Å². The van der Waals surface area contributed by atoms with Crippen LogP contribution in [0.25, 0.3) is 0 Å². The molecule has 0 spiro atoms. The molecule has 1 saturated heterocycles. The van der Waals surface area contributed by atoms with Crippen LogP contribution < -0.4 is 5.32 Å². The van der Waals surface area contributed by atoms with Crippen LogP contribution in [0, 0.1) is 11.7 Å². The quantitative estimate of drug-likeness (QED) is 0.423. The molecule has 2 N–H and O–H groups in total. The van der Waals surface area contributed by atoms with Crippen molar-refractivity contribution in [3.05, 3.63) is 47.0 Å². The maximum absolute atomic E-state index is 14.9. The van der Waals surface area contributed by atoms with E-state index in [1.165, 1.54) is 23.1 Å². The Hall–Kier alpha value is -2.76. The van der Waals surface area contributed by atoms with Gasteiger partial charge >= 0.3 is 12.3 Å². The fourth-order valence-electron chi connectivity index (χ4n) is 3.81. The first kappa shape index (κ1) is 27.8. The van der Waals surface area contributed by atoms with Gasteiger partial charge in [-0.25, -0.2) is 9.18 Å². The summed E-state index contributed by atoms with van der Waals surface area (Å²) in [7, 11) is 0. The molecule has 0 bridgehead atoms. The predicted molar refractivity (Wildman–Crippen MR) is 129 cm³/mol. The molecule has 0 radical (unpaired) electrons. The lowest BCUT2D eigenvalue weighted by molar-refractivity contribution is -0.141. The number of alkyl halides is 3. The number of thioether (sulfide) groups is 1. The number of aromatic amines is 1. The lowest BCUT2D eigenvalue weighted by Crippen LogP contribution is -2.34. The van der Waals surface area contributed by atoms with Gasteiger partial charge in [0.05, 0.1) is 12.2 Å². The number of hydrogen-bond donors (Lipinski definition) is 2. The number of aromatic nitrogens is 2. The Morgan fingerprint density at radius 1 is 1.22 bits per heavy atom. The number of H-pyrrole nitrogens is 1. The molecule has 2 aromatic rings. The van der Waals surface area contributed by atoms with E-state index in [1.807, 2.05) is 11.8 Å². The van der Waals surface area contributed by atoms with E-state index in [0.717, 1.165) is 24.3 Å². The van der Waals surface area contributed by atoms with Crippen LogP contribution in [0.3, 0.4) is 0 Å². The van der Waals surface area contributed by atoms with Gasteiger partial charge in [-0.2, -0.15) is 30.0 Å². The predicted octanol–water partition coefficient (Wildman–Crippen LogP) is 6.09. The van der Waals surface area contributed by atoms with Crippen molar-refractivity contribution in [1.82, 2.24) is 15.1 Å². The SMILES string of the molecule is CC(C)(C)OC(=O)Nc1cccc(F)c1CN(CCC1CCSCC1)C(=O)c1cc(C(F)(F)F)n[nH]1. The molecule has 36 heavy (non-hydrogen) atoms. The van der Waals surface area contributed by atoms with Crippen molar-refractivity contribution in [2.75, 3.05) is 23.4 Å². The monoisotopic (exact) mass is 530 g/mol. The lowest BCUT2D eigenvalue weighted by Gasteiger charge is -2.28. The van der Waals surface area contributed by atoms with E-state index in [0.29, 0.717) is 18.4 Å². The van der Waals surface area contributed by atoms with Gasteiger partial charge in [0.1, 0.15) is 17.1 Å². The molecule has 0 aliphatic carbocycles. The fourth-order valence-corrected chi connectivity index (χ4v) is 5.02. The summed E-state index contributed by atoms with van der Waals surface area (Å²) in [6, 6.07) is 4.71. The first-order valence-electron chi connectivity index (χ1n) is 11.6. The molecule has 2 heterocycles. The molecule has 198 valence electrons. The summed E-state index contributed by atoms with van der Waals surface area (Å²) in [5, 5.41) is 7.87. The van der Waals surface area contributed by atoms with Gasteiger partial charge in [-0.15, -0.1) is 0 Å². The maximum atomic E-state index is 14.9. The molecule has 0 unspecified atom stereocenters. The lowest BCUT2D eigenvalue weighted by atomic mass is 9.98. The fraction of sp³-hybridized carbons (Fsp3) is 0.542. The number of carbonyl (C=O) groups is 2. The van der Waals surface area contributed by atoms with E-state index >= 15 is 0 Å². The molecule has 1 aromatic heterocycles. The number of amides is 2. The number of anilines is 1. The summed E-state index contributed by atoms with van der Waals surface area (Å²) in [5.41, 5.74) is -2.22. The van der Waals surface area contributed by atoms with E-state index in [1.54, 1.807) is 20.8 Å². The zero-order valence-electron chi connectivity index (χ0n) is 20.4. The standard InChI is InChI=1S/C24H30F4N4O3S/c1-23(2,3)35-22(34)29-18-6-4-5-17(25)16(18)14-32(10-7-15-8-11-36-12-9-15)21(33)19-13-20(31-30-19)24(26,27)28/h4-6,13,15H,7-12,14H2,1-3H3,(H,29,34)(H,30,31). The normalized spacial score (nSPS) is 15.0. The number of rotatable bonds is 7. The molecule has 1 aliphatic heterocycles. The Morgan fingerprint density at radius 2 is 1.92 bits per heavy atom. The summed E-state index contributed by atoms with van der Waals surface area (Å²) in [6.07, 6.45) is -2.94. The molecule has 12 heteroatoms. The van der Waals surface area contributed by atoms with Crippen LogP contribution in [0.4, 0.5) is 28.0 Å². The van der Waals surface area contributed by atoms with Gasteiger partial charge < -0.3 is 9.64 Å². The third kappa shape index (κ3) is 7.87. The molecule has 1 aromatic carbocycles. The Labute approximate surface area is 211 Å². The van der Waals surface area contributed by atoms with E-state index < -0.39 is 35.3 Å². The minimum absolute atomic E-state index is 0.0199. The molecule has 7 nitrogen and oxygen atoms in total. The summed E-state index contributed by atoms with van der Waals surface area (Å²) >= 11 is 1.86. The van der Waals surface area contributed by atoms with Crippen LogP contribution in [-0.2, 0) is 17.5 Å². The maximum Gasteiger partial charge on any atom is 0.435 e. The number of benzene rings is 1. The molecular formula is C24H30F4N4O3S. The number of nitrogens with zero attached hydrogens (tertiary/aromatic N) is 2. The third-order valence-electron chi connectivity index (χ3n) is 5.64. The van der Waals surface area contributed by atoms with Crippen LogP contribution in [0.2, 0.25) is 0 Å². The van der Waals surface area contributed by atoms with Gasteiger partial charge in [0, 0.05) is 18.2 Å². The summed E-state index contributed by atoms with van der Waals surface area (Å²) in [4.78, 5) is 26.8. The van der Waals surface area contributed by atoms with Crippen LogP contribution in [0.15, 0.2) is 24.3 Å². The Balaban J connectivity index is 1.86. The van der Waals surface area contributed by atoms with Crippen LogP contribution >= 0.6 is 11.8 Å². The number of ether oxygens (including phenoxy) is 1. The van der Waals surface area contributed by atoms with Crippen molar-refractivity contribution >= 4 is 29.4 Å². The van der Waals surface area contributed by atoms with Crippen molar-refractivity contribution in [2.45, 2.75) is 58.4 Å². The smallest absolute Gasteiger partial charge is 0.435 e. The molecule has 1 fully saturated rings. The Bertz CT molecular complexity index is 1060. The van der Waals surface area contributed by atoms with E-state index in [-0.39, 0.29) is 30.0 Å². The second-order valence-corrected chi connectivity index (χ2v) is 10.9. The van der Waals surface area contributed by atoms with Gasteiger partial charge in [0.25, 0.3) is 5.91 Å². The summed E-state index contributed by atoms with van der Waals surface area (Å²) in [6.45, 7) is 4.99. The Kier molecular flexibility index (Phi) is 8.91. The van der Waals surface area contributed by atoms with Crippen LogP contribution in [0.5, 0.6) is 0 Å². The topological polar surface area (TPSA) is 87.3 Å². The second-order valence-electron chi connectivity index (χ2n) is 9.63. The molecule has 2 amide bonds. The van der Waals surface area contributed by atoms with Gasteiger partial charge in [-0.05, 0) is 69.6 Å². The first-order chi connectivity index (χ1) is 16.8. The molecule has 0 saturated carbocycles. The minimum atomic E-state index is -4.71. The largest absolute Gasteiger partial charge is 0.444 e. The number of hydrogen-bond acceptors (Lipinski definition) is 5. The highest BCUT2D eigenvalue weighted by atomic mass is 32.2. The number of carbonyl (C=O) groups excluding carboxylic acids is 2. The van der Waals surface area contributed by atoms with Crippen molar-refractivity contribution in [3.8, 4) is 0 Å². The van der Waals surface area contributed by atoms with Gasteiger partial charge in [0.2, 0.25) is 0 Å². The zero-order valence-corrected chi connectivity index (χ0v) is 21.2. The van der Waals surface area contributed by atoms with Crippen molar-refractivity contribution in [1.29, 1.82) is 0 Å². The van der Waals surface area contributed by atoms with Crippen molar-refractivity contribution in [2.24, 2.45) is 5.92 Å². The van der Waals surface area contributed by atoms with Gasteiger partial charge in [-0.1, -0.05) is 6.07 Å². The van der Waals surface area contributed by atoms with Crippen molar-refractivity contribution in [3.63, 3.8) is 0 Å². The summed E-state index contributed by atoms with van der Waals surface area (Å²) in [5.74, 6) is 0.955. The average Bonchev–Trinajstić information content (AvgIpc) is 3.28. The molecule has 1 aliphatic rings. The molecule has 3 rings (SSSR count). The van der Waals surface area contributed by atoms with E-state index in [4.69, 9.17) is 4.74 Å². The zero-order chi connectivity index (χ0) is 26.5. The van der Waals surface area contributed by atoms with E-state index in [9.17, 15) is 27.2 Å². The van der Waals surface area contributed by atoms with Crippen molar-refractivity contribution < 1.29 is 31.9 Å². The second kappa shape index (κ2) is 11.5. The highest BCUT2D eigenvalue weighted by molar-refractivity contribution is 7.99. The molecular weight excluding hydrogens is 500 g/mol. The van der Waals surface area contributed by atoms with Crippen LogP contribution in [0.1, 0.15) is 61.8 Å². The minimum Gasteiger partial charge on any atom is -0.444 e. The third-order valence-corrected chi connectivity index (χ3v) is 6.69. The number of halogens is 4.